The normalized spacial score (nSPS) is 10.4. The second-order valence-electron chi connectivity index (χ2n) is 4.00. The molecule has 6 nitrogen and oxygen atoms in total. The number of aromatic nitrogens is 4. The fraction of sp³-hybridized carbons (Fsp3) is 0.0769. The minimum atomic E-state index is -0.123. The molecule has 0 spiro atoms. The molecule has 3 rings (SSSR count). The summed E-state index contributed by atoms with van der Waals surface area (Å²) in [4.78, 5) is 12.5. The van der Waals surface area contributed by atoms with Crippen molar-refractivity contribution < 1.29 is 4.79 Å². The first kappa shape index (κ1) is 12.5. The van der Waals surface area contributed by atoms with Crippen molar-refractivity contribution in [1.29, 1.82) is 0 Å². The Hall–Kier alpha value is -2.54. The number of para-hydroxylation sites is 1. The molecule has 2 heterocycles. The highest BCUT2D eigenvalue weighted by atomic mass is 32.1. The van der Waals surface area contributed by atoms with Crippen LogP contribution < -0.4 is 5.32 Å². The van der Waals surface area contributed by atoms with Crippen molar-refractivity contribution in [1.82, 2.24) is 25.5 Å². The molecule has 1 amide bonds. The van der Waals surface area contributed by atoms with Gasteiger partial charge in [-0.25, -0.2) is 0 Å². The Bertz CT molecular complexity index is 693. The maximum atomic E-state index is 11.9. The molecular formula is C13H11N5OS. The van der Waals surface area contributed by atoms with Gasteiger partial charge in [0.05, 0.1) is 17.1 Å². The number of tetrazole rings is 1. The number of benzene rings is 1. The van der Waals surface area contributed by atoms with E-state index in [1.807, 2.05) is 41.8 Å². The van der Waals surface area contributed by atoms with Crippen molar-refractivity contribution >= 4 is 17.2 Å². The third kappa shape index (κ3) is 2.57. The number of nitrogens with one attached hydrogen (secondary N) is 1. The van der Waals surface area contributed by atoms with Gasteiger partial charge < -0.3 is 5.32 Å². The lowest BCUT2D eigenvalue weighted by Gasteiger charge is -2.05. The van der Waals surface area contributed by atoms with Crippen LogP contribution in [-0.2, 0) is 6.54 Å². The summed E-state index contributed by atoms with van der Waals surface area (Å²) in [6.07, 6.45) is 0. The van der Waals surface area contributed by atoms with Gasteiger partial charge in [-0.2, -0.15) is 4.68 Å². The van der Waals surface area contributed by atoms with Crippen LogP contribution in [0.5, 0.6) is 0 Å². The molecule has 3 aromatic rings. The van der Waals surface area contributed by atoms with Gasteiger partial charge in [0.25, 0.3) is 5.91 Å². The molecule has 7 heteroatoms. The standard InChI is InChI=1S/C13H11N5OS/c19-13(11-7-4-8-20-11)14-9-12-15-16-17-18(12)10-5-2-1-3-6-10/h1-8H,9H2,(H,14,19). The second kappa shape index (κ2) is 5.62. The van der Waals surface area contributed by atoms with Crippen LogP contribution in [0.1, 0.15) is 15.5 Å². The average Bonchev–Trinajstić information content (AvgIpc) is 3.17. The van der Waals surface area contributed by atoms with E-state index in [0.717, 1.165) is 5.69 Å². The topological polar surface area (TPSA) is 72.7 Å². The molecular weight excluding hydrogens is 274 g/mol. The second-order valence-corrected chi connectivity index (χ2v) is 4.95. The summed E-state index contributed by atoms with van der Waals surface area (Å²) in [5, 5.41) is 16.2. The first-order valence-corrected chi connectivity index (χ1v) is 6.87. The zero-order valence-electron chi connectivity index (χ0n) is 10.4. The van der Waals surface area contributed by atoms with Crippen LogP contribution in [0.2, 0.25) is 0 Å². The van der Waals surface area contributed by atoms with Gasteiger partial charge in [-0.3, -0.25) is 4.79 Å². The van der Waals surface area contributed by atoms with Crippen molar-refractivity contribution in [2.75, 3.05) is 0 Å². The molecule has 0 bridgehead atoms. The quantitative estimate of drug-likeness (QED) is 0.791. The van der Waals surface area contributed by atoms with Crippen LogP contribution in [-0.4, -0.2) is 26.1 Å². The SMILES string of the molecule is O=C(NCc1nnnn1-c1ccccc1)c1cccs1. The number of amides is 1. The van der Waals surface area contributed by atoms with Crippen molar-refractivity contribution in [2.24, 2.45) is 0 Å². The van der Waals surface area contributed by atoms with Crippen LogP contribution in [0, 0.1) is 0 Å². The van der Waals surface area contributed by atoms with E-state index in [2.05, 4.69) is 20.8 Å². The highest BCUT2D eigenvalue weighted by molar-refractivity contribution is 7.12. The Morgan fingerprint density at radius 1 is 1.20 bits per heavy atom. The van der Waals surface area contributed by atoms with Gasteiger partial charge in [-0.05, 0) is 34.0 Å². The van der Waals surface area contributed by atoms with E-state index < -0.39 is 0 Å². The van der Waals surface area contributed by atoms with Gasteiger partial charge >= 0.3 is 0 Å². The lowest BCUT2D eigenvalue weighted by Crippen LogP contribution is -2.23. The summed E-state index contributed by atoms with van der Waals surface area (Å²) < 4.78 is 1.61. The molecule has 0 aliphatic heterocycles. The van der Waals surface area contributed by atoms with Crippen LogP contribution in [0.25, 0.3) is 5.69 Å². The Balaban J connectivity index is 1.73. The van der Waals surface area contributed by atoms with E-state index in [-0.39, 0.29) is 12.5 Å². The lowest BCUT2D eigenvalue weighted by molar-refractivity contribution is 0.0953. The van der Waals surface area contributed by atoms with E-state index in [1.54, 1.807) is 10.7 Å². The van der Waals surface area contributed by atoms with Crippen molar-refractivity contribution in [2.45, 2.75) is 6.54 Å². The van der Waals surface area contributed by atoms with Crippen molar-refractivity contribution in [3.63, 3.8) is 0 Å². The fourth-order valence-electron chi connectivity index (χ4n) is 1.74. The van der Waals surface area contributed by atoms with Crippen LogP contribution in [0.15, 0.2) is 47.8 Å². The van der Waals surface area contributed by atoms with Gasteiger partial charge in [-0.1, -0.05) is 24.3 Å². The van der Waals surface area contributed by atoms with Crippen molar-refractivity contribution in [3.05, 3.63) is 58.5 Å². The maximum absolute atomic E-state index is 11.9. The summed E-state index contributed by atoms with van der Waals surface area (Å²) in [6, 6.07) is 13.2. The zero-order valence-corrected chi connectivity index (χ0v) is 11.2. The first-order valence-electron chi connectivity index (χ1n) is 5.99. The summed E-state index contributed by atoms with van der Waals surface area (Å²) in [6.45, 7) is 0.276. The molecule has 1 aromatic carbocycles. The van der Waals surface area contributed by atoms with Gasteiger partial charge in [0.15, 0.2) is 5.82 Å². The van der Waals surface area contributed by atoms with Crippen molar-refractivity contribution in [3.8, 4) is 5.69 Å². The van der Waals surface area contributed by atoms with Gasteiger partial charge in [-0.15, -0.1) is 16.4 Å². The van der Waals surface area contributed by atoms with E-state index in [9.17, 15) is 4.79 Å². The third-order valence-corrected chi connectivity index (χ3v) is 3.56. The smallest absolute Gasteiger partial charge is 0.261 e. The minimum absolute atomic E-state index is 0.123. The molecule has 1 N–H and O–H groups in total. The van der Waals surface area contributed by atoms with Gasteiger partial charge in [0, 0.05) is 0 Å². The van der Waals surface area contributed by atoms with Crippen LogP contribution in [0.4, 0.5) is 0 Å². The Morgan fingerprint density at radius 3 is 2.80 bits per heavy atom. The lowest BCUT2D eigenvalue weighted by atomic mass is 10.3. The van der Waals surface area contributed by atoms with E-state index in [1.165, 1.54) is 11.3 Å². The number of hydrogen-bond acceptors (Lipinski definition) is 5. The Labute approximate surface area is 119 Å². The third-order valence-electron chi connectivity index (χ3n) is 2.69. The van der Waals surface area contributed by atoms with Gasteiger partial charge in [0.2, 0.25) is 0 Å². The van der Waals surface area contributed by atoms with Gasteiger partial charge in [0.1, 0.15) is 0 Å². The molecule has 0 saturated heterocycles. The predicted molar refractivity (Wildman–Crippen MR) is 74.6 cm³/mol. The highest BCUT2D eigenvalue weighted by Gasteiger charge is 2.11. The number of carbonyl (C=O) groups is 1. The molecule has 0 saturated carbocycles. The summed E-state index contributed by atoms with van der Waals surface area (Å²) in [7, 11) is 0. The number of nitrogens with zero attached hydrogens (tertiary/aromatic N) is 4. The molecule has 100 valence electrons. The summed E-state index contributed by atoms with van der Waals surface area (Å²) >= 11 is 1.40. The molecule has 0 fully saturated rings. The molecule has 0 unspecified atom stereocenters. The van der Waals surface area contributed by atoms with E-state index in [0.29, 0.717) is 10.7 Å². The monoisotopic (exact) mass is 285 g/mol. The number of hydrogen-bond donors (Lipinski definition) is 1. The van der Waals surface area contributed by atoms with E-state index >= 15 is 0 Å². The average molecular weight is 285 g/mol. The van der Waals surface area contributed by atoms with E-state index in [4.69, 9.17) is 0 Å². The Morgan fingerprint density at radius 2 is 2.05 bits per heavy atom. The molecule has 2 aromatic heterocycles. The summed E-state index contributed by atoms with van der Waals surface area (Å²) in [5.74, 6) is 0.462. The molecule has 0 atom stereocenters. The van der Waals surface area contributed by atoms with Crippen LogP contribution in [0.3, 0.4) is 0 Å². The number of carbonyl (C=O) groups excluding carboxylic acids is 1. The summed E-state index contributed by atoms with van der Waals surface area (Å²) in [5.41, 5.74) is 0.859. The first-order chi connectivity index (χ1) is 9.84. The minimum Gasteiger partial charge on any atom is -0.344 e. The molecule has 0 radical (unpaired) electrons. The number of rotatable bonds is 4. The molecule has 0 aliphatic carbocycles. The fourth-order valence-corrected chi connectivity index (χ4v) is 2.38. The van der Waals surface area contributed by atoms with Crippen LogP contribution >= 0.6 is 11.3 Å². The largest absolute Gasteiger partial charge is 0.344 e. The Kier molecular flexibility index (Phi) is 3.51. The predicted octanol–water partition coefficient (Wildman–Crippen LogP) is 1.65. The zero-order chi connectivity index (χ0) is 13.8. The number of thiophene rings is 1. The molecule has 0 aliphatic rings. The maximum Gasteiger partial charge on any atom is 0.261 e. The molecule has 20 heavy (non-hydrogen) atoms. The highest BCUT2D eigenvalue weighted by Crippen LogP contribution is 2.09.